The fraction of sp³-hybridized carbons (Fsp3) is 0.400. The van der Waals surface area contributed by atoms with E-state index in [1.807, 2.05) is 7.05 Å². The van der Waals surface area contributed by atoms with Crippen molar-refractivity contribution in [1.29, 1.82) is 0 Å². The molecule has 0 unspecified atom stereocenters. The summed E-state index contributed by atoms with van der Waals surface area (Å²) >= 11 is 3.03. The third-order valence-electron chi connectivity index (χ3n) is 1.99. The molecule has 0 spiro atoms. The second-order valence-corrected chi connectivity index (χ2v) is 3.88. The molecule has 0 fully saturated rings. The molecule has 0 aliphatic heterocycles. The predicted molar refractivity (Wildman–Crippen MR) is 56.3 cm³/mol. The standard InChI is InChI=1S/C10H12BrF2N/c1-14-6-2-3-7-9(12)5-4-8(11)10(7)13/h4-5,14H,2-3,6H2,1H3. The van der Waals surface area contributed by atoms with Crippen LogP contribution in [0, 0.1) is 11.6 Å². The van der Waals surface area contributed by atoms with Crippen molar-refractivity contribution < 1.29 is 8.78 Å². The summed E-state index contributed by atoms with van der Waals surface area (Å²) in [6, 6.07) is 2.66. The first-order valence-electron chi connectivity index (χ1n) is 4.43. The quantitative estimate of drug-likeness (QED) is 0.651. The first-order valence-corrected chi connectivity index (χ1v) is 5.23. The van der Waals surface area contributed by atoms with Crippen molar-refractivity contribution in [2.75, 3.05) is 13.6 Å². The Labute approximate surface area is 90.6 Å². The highest BCUT2D eigenvalue weighted by Gasteiger charge is 2.11. The van der Waals surface area contributed by atoms with Crippen molar-refractivity contribution in [1.82, 2.24) is 5.32 Å². The summed E-state index contributed by atoms with van der Waals surface area (Å²) in [5.41, 5.74) is 0.162. The summed E-state index contributed by atoms with van der Waals surface area (Å²) in [4.78, 5) is 0. The van der Waals surface area contributed by atoms with Crippen LogP contribution in [0.5, 0.6) is 0 Å². The Morgan fingerprint density at radius 3 is 2.71 bits per heavy atom. The molecule has 1 aromatic carbocycles. The molecular formula is C10H12BrF2N. The lowest BCUT2D eigenvalue weighted by Gasteiger charge is -2.05. The number of hydrogen-bond acceptors (Lipinski definition) is 1. The molecule has 0 aliphatic rings. The van der Waals surface area contributed by atoms with Crippen LogP contribution in [-0.2, 0) is 6.42 Å². The lowest BCUT2D eigenvalue weighted by Crippen LogP contribution is -2.09. The minimum Gasteiger partial charge on any atom is -0.320 e. The fourth-order valence-electron chi connectivity index (χ4n) is 1.24. The number of hydrogen-bond donors (Lipinski definition) is 1. The van der Waals surface area contributed by atoms with Gasteiger partial charge in [-0.15, -0.1) is 0 Å². The van der Waals surface area contributed by atoms with E-state index in [1.54, 1.807) is 0 Å². The Balaban J connectivity index is 2.79. The molecule has 0 saturated heterocycles. The van der Waals surface area contributed by atoms with Gasteiger partial charge in [0.25, 0.3) is 0 Å². The topological polar surface area (TPSA) is 12.0 Å². The van der Waals surface area contributed by atoms with Gasteiger partial charge in [0, 0.05) is 5.56 Å². The Morgan fingerprint density at radius 2 is 2.07 bits per heavy atom. The monoisotopic (exact) mass is 263 g/mol. The summed E-state index contributed by atoms with van der Waals surface area (Å²) in [7, 11) is 1.81. The van der Waals surface area contributed by atoms with Gasteiger partial charge in [-0.25, -0.2) is 8.78 Å². The highest BCUT2D eigenvalue weighted by molar-refractivity contribution is 9.10. The van der Waals surface area contributed by atoms with Crippen LogP contribution in [-0.4, -0.2) is 13.6 Å². The van der Waals surface area contributed by atoms with E-state index in [9.17, 15) is 8.78 Å². The van der Waals surface area contributed by atoms with Crippen molar-refractivity contribution >= 4 is 15.9 Å². The Morgan fingerprint density at radius 1 is 1.36 bits per heavy atom. The molecule has 0 amide bonds. The van der Waals surface area contributed by atoms with E-state index in [-0.39, 0.29) is 5.56 Å². The van der Waals surface area contributed by atoms with E-state index in [2.05, 4.69) is 21.2 Å². The van der Waals surface area contributed by atoms with Crippen LogP contribution >= 0.6 is 15.9 Å². The molecule has 1 aromatic rings. The van der Waals surface area contributed by atoms with Gasteiger partial charge in [0.2, 0.25) is 0 Å². The summed E-state index contributed by atoms with van der Waals surface area (Å²) in [5.74, 6) is -0.956. The first-order chi connectivity index (χ1) is 6.66. The number of rotatable bonds is 4. The zero-order valence-corrected chi connectivity index (χ0v) is 9.50. The normalized spacial score (nSPS) is 10.6. The van der Waals surface area contributed by atoms with Crippen LogP contribution in [0.15, 0.2) is 16.6 Å². The molecule has 0 aromatic heterocycles. The molecule has 4 heteroatoms. The van der Waals surface area contributed by atoms with Crippen molar-refractivity contribution in [2.45, 2.75) is 12.8 Å². The molecule has 1 nitrogen and oxygen atoms in total. The summed E-state index contributed by atoms with van der Waals surface area (Å²) < 4.78 is 26.9. The molecule has 0 bridgehead atoms. The van der Waals surface area contributed by atoms with E-state index < -0.39 is 11.6 Å². The molecular weight excluding hydrogens is 252 g/mol. The zero-order valence-electron chi connectivity index (χ0n) is 7.91. The van der Waals surface area contributed by atoms with E-state index >= 15 is 0 Å². The van der Waals surface area contributed by atoms with Crippen LogP contribution in [0.4, 0.5) is 8.78 Å². The van der Waals surface area contributed by atoms with Gasteiger partial charge in [-0.3, -0.25) is 0 Å². The molecule has 0 saturated carbocycles. The SMILES string of the molecule is CNCCCc1c(F)ccc(Br)c1F. The maximum absolute atomic E-state index is 13.4. The number of nitrogens with one attached hydrogen (secondary N) is 1. The highest BCUT2D eigenvalue weighted by atomic mass is 79.9. The van der Waals surface area contributed by atoms with Crippen LogP contribution < -0.4 is 5.32 Å². The molecule has 0 heterocycles. The summed E-state index contributed by atoms with van der Waals surface area (Å²) in [5, 5.41) is 2.93. The molecule has 0 atom stereocenters. The van der Waals surface area contributed by atoms with Gasteiger partial charge in [-0.1, -0.05) is 0 Å². The predicted octanol–water partition coefficient (Wildman–Crippen LogP) is 2.88. The van der Waals surface area contributed by atoms with Gasteiger partial charge in [-0.2, -0.15) is 0 Å². The van der Waals surface area contributed by atoms with E-state index in [0.29, 0.717) is 10.9 Å². The molecule has 1 rings (SSSR count). The van der Waals surface area contributed by atoms with Crippen LogP contribution in [0.3, 0.4) is 0 Å². The number of halogens is 3. The van der Waals surface area contributed by atoms with Crippen molar-refractivity contribution in [3.63, 3.8) is 0 Å². The van der Waals surface area contributed by atoms with Crippen LogP contribution in [0.25, 0.3) is 0 Å². The fourth-order valence-corrected chi connectivity index (χ4v) is 1.61. The van der Waals surface area contributed by atoms with Gasteiger partial charge in [0.05, 0.1) is 4.47 Å². The lowest BCUT2D eigenvalue weighted by atomic mass is 10.1. The van der Waals surface area contributed by atoms with E-state index in [0.717, 1.165) is 13.0 Å². The minimum atomic E-state index is -0.485. The molecule has 1 N–H and O–H groups in total. The molecule has 14 heavy (non-hydrogen) atoms. The highest BCUT2D eigenvalue weighted by Crippen LogP contribution is 2.22. The largest absolute Gasteiger partial charge is 0.320 e. The number of benzene rings is 1. The lowest BCUT2D eigenvalue weighted by molar-refractivity contribution is 0.543. The van der Waals surface area contributed by atoms with Crippen molar-refractivity contribution in [2.24, 2.45) is 0 Å². The first kappa shape index (κ1) is 11.6. The van der Waals surface area contributed by atoms with E-state index in [1.165, 1.54) is 12.1 Å². The van der Waals surface area contributed by atoms with Crippen molar-refractivity contribution in [3.8, 4) is 0 Å². The second-order valence-electron chi connectivity index (χ2n) is 3.03. The van der Waals surface area contributed by atoms with Gasteiger partial charge in [-0.05, 0) is 54.5 Å². The Bertz CT molecular complexity index is 315. The summed E-state index contributed by atoms with van der Waals surface area (Å²) in [6.07, 6.45) is 1.14. The van der Waals surface area contributed by atoms with Crippen LogP contribution in [0.1, 0.15) is 12.0 Å². The van der Waals surface area contributed by atoms with E-state index in [4.69, 9.17) is 0 Å². The maximum Gasteiger partial charge on any atom is 0.143 e. The molecule has 78 valence electrons. The zero-order chi connectivity index (χ0) is 10.6. The third kappa shape index (κ3) is 2.75. The molecule has 0 aliphatic carbocycles. The third-order valence-corrected chi connectivity index (χ3v) is 2.60. The van der Waals surface area contributed by atoms with Gasteiger partial charge in [0.15, 0.2) is 0 Å². The summed E-state index contributed by atoms with van der Waals surface area (Å²) in [6.45, 7) is 0.755. The minimum absolute atomic E-state index is 0.162. The Kier molecular flexibility index (Phi) is 4.48. The second kappa shape index (κ2) is 5.41. The van der Waals surface area contributed by atoms with Gasteiger partial charge in [0.1, 0.15) is 11.6 Å². The van der Waals surface area contributed by atoms with Gasteiger partial charge < -0.3 is 5.32 Å². The van der Waals surface area contributed by atoms with Crippen molar-refractivity contribution in [3.05, 3.63) is 33.8 Å². The molecule has 0 radical (unpaired) electrons. The average molecular weight is 264 g/mol. The average Bonchev–Trinajstić information content (AvgIpc) is 2.18. The Hall–Kier alpha value is -0.480. The van der Waals surface area contributed by atoms with Gasteiger partial charge >= 0.3 is 0 Å². The maximum atomic E-state index is 13.4. The smallest absolute Gasteiger partial charge is 0.143 e. The van der Waals surface area contributed by atoms with Crippen LogP contribution in [0.2, 0.25) is 0 Å².